The third-order valence-electron chi connectivity index (χ3n) is 1.82. The van der Waals surface area contributed by atoms with Crippen LogP contribution in [0.25, 0.3) is 0 Å². The van der Waals surface area contributed by atoms with Gasteiger partial charge < -0.3 is 10.4 Å². The van der Waals surface area contributed by atoms with Gasteiger partial charge >= 0.3 is 5.97 Å². The maximum Gasteiger partial charge on any atom is 0.321 e. The molecular weight excluding hydrogens is 137 g/mol. The van der Waals surface area contributed by atoms with Crippen molar-refractivity contribution >= 4 is 5.97 Å². The Morgan fingerprint density at radius 3 is 2.90 bits per heavy atom. The van der Waals surface area contributed by atoms with Gasteiger partial charge in [0.1, 0.15) is 6.04 Å². The molecule has 1 aliphatic rings. The van der Waals surface area contributed by atoms with Gasteiger partial charge in [0, 0.05) is 5.92 Å². The molecule has 0 saturated carbocycles. The highest BCUT2D eigenvalue weighted by atomic mass is 19.1. The van der Waals surface area contributed by atoms with E-state index in [4.69, 9.17) is 5.11 Å². The van der Waals surface area contributed by atoms with E-state index in [1.165, 1.54) is 0 Å². The maximum absolute atomic E-state index is 12.0. The van der Waals surface area contributed by atoms with Gasteiger partial charge in [0.15, 0.2) is 0 Å². The largest absolute Gasteiger partial charge is 0.480 e. The fraction of sp³-hybridized carbons (Fsp3) is 0.833. The minimum absolute atomic E-state index is 0.322. The van der Waals surface area contributed by atoms with Gasteiger partial charge in [0.25, 0.3) is 0 Å². The fourth-order valence-electron chi connectivity index (χ4n) is 1.21. The average Bonchev–Trinajstić information content (AvgIpc) is 2.33. The van der Waals surface area contributed by atoms with Crippen molar-refractivity contribution in [3.63, 3.8) is 0 Å². The molecule has 2 N–H and O–H groups in total. The first-order chi connectivity index (χ1) is 4.75. The molecule has 3 nitrogen and oxygen atoms in total. The maximum atomic E-state index is 12.0. The first-order valence-electron chi connectivity index (χ1n) is 3.28. The minimum Gasteiger partial charge on any atom is -0.480 e. The molecule has 0 spiro atoms. The summed E-state index contributed by atoms with van der Waals surface area (Å²) in [7, 11) is 0. The molecule has 0 aromatic heterocycles. The summed E-state index contributed by atoms with van der Waals surface area (Å²) in [6.07, 6.45) is 0.632. The summed E-state index contributed by atoms with van der Waals surface area (Å²) in [6, 6.07) is -0.662. The highest BCUT2D eigenvalue weighted by molar-refractivity contribution is 5.74. The molecule has 0 aromatic rings. The SMILES string of the molecule is O=C(O)[C@@H]1NCC[C@H]1CF. The predicted octanol–water partition coefficient (Wildman–Crippen LogP) is 0.0186. The van der Waals surface area contributed by atoms with Crippen LogP contribution in [0.4, 0.5) is 4.39 Å². The van der Waals surface area contributed by atoms with Crippen LogP contribution in [0.1, 0.15) is 6.42 Å². The summed E-state index contributed by atoms with van der Waals surface area (Å²) >= 11 is 0. The molecule has 0 unspecified atom stereocenters. The molecule has 1 fully saturated rings. The first-order valence-corrected chi connectivity index (χ1v) is 3.28. The molecule has 0 aliphatic carbocycles. The lowest BCUT2D eigenvalue weighted by atomic mass is 10.0. The molecule has 1 saturated heterocycles. The summed E-state index contributed by atoms with van der Waals surface area (Å²) < 4.78 is 12.0. The zero-order valence-corrected chi connectivity index (χ0v) is 5.51. The molecular formula is C6H10FNO2. The third kappa shape index (κ3) is 1.26. The quantitative estimate of drug-likeness (QED) is 0.578. The summed E-state index contributed by atoms with van der Waals surface area (Å²) in [5.41, 5.74) is 0. The molecule has 58 valence electrons. The first kappa shape index (κ1) is 7.47. The van der Waals surface area contributed by atoms with Gasteiger partial charge in [-0.25, -0.2) is 0 Å². The number of hydrogen-bond donors (Lipinski definition) is 2. The van der Waals surface area contributed by atoms with E-state index in [9.17, 15) is 9.18 Å². The van der Waals surface area contributed by atoms with E-state index in [0.717, 1.165) is 0 Å². The number of carboxylic acid groups (broad SMARTS) is 1. The van der Waals surface area contributed by atoms with Crippen LogP contribution in [0, 0.1) is 5.92 Å². The summed E-state index contributed by atoms with van der Waals surface area (Å²) in [5.74, 6) is -1.27. The van der Waals surface area contributed by atoms with Gasteiger partial charge in [-0.3, -0.25) is 9.18 Å². The molecule has 1 rings (SSSR count). The number of carboxylic acids is 1. The molecule has 1 heterocycles. The van der Waals surface area contributed by atoms with Gasteiger partial charge in [-0.05, 0) is 13.0 Å². The van der Waals surface area contributed by atoms with E-state index < -0.39 is 18.7 Å². The zero-order chi connectivity index (χ0) is 7.56. The Kier molecular flexibility index (Phi) is 2.21. The summed E-state index contributed by atoms with van der Waals surface area (Å²) in [6.45, 7) is 0.0789. The number of halogens is 1. The van der Waals surface area contributed by atoms with Gasteiger partial charge in [-0.1, -0.05) is 0 Å². The Balaban J connectivity index is 2.50. The summed E-state index contributed by atoms with van der Waals surface area (Å²) in [4.78, 5) is 10.3. The van der Waals surface area contributed by atoms with E-state index in [0.29, 0.717) is 13.0 Å². The molecule has 2 atom stereocenters. The molecule has 10 heavy (non-hydrogen) atoms. The lowest BCUT2D eigenvalue weighted by Gasteiger charge is -2.09. The lowest BCUT2D eigenvalue weighted by Crippen LogP contribution is -2.36. The van der Waals surface area contributed by atoms with Crippen LogP contribution in [-0.2, 0) is 4.79 Å². The Bertz CT molecular complexity index is 140. The van der Waals surface area contributed by atoms with Crippen LogP contribution < -0.4 is 5.32 Å². The van der Waals surface area contributed by atoms with Crippen LogP contribution in [0.2, 0.25) is 0 Å². The Morgan fingerprint density at radius 2 is 2.50 bits per heavy atom. The second-order valence-electron chi connectivity index (χ2n) is 2.47. The Hall–Kier alpha value is -0.640. The van der Waals surface area contributed by atoms with Crippen LogP contribution in [0.15, 0.2) is 0 Å². The number of alkyl halides is 1. The standard InChI is InChI=1S/C6H10FNO2/c7-3-4-1-2-8-5(4)6(9)10/h4-5,8H,1-3H2,(H,9,10)/t4-,5+/m0/s1. The Morgan fingerprint density at radius 1 is 1.80 bits per heavy atom. The molecule has 0 bridgehead atoms. The van der Waals surface area contributed by atoms with Crippen LogP contribution in [0.5, 0.6) is 0 Å². The van der Waals surface area contributed by atoms with E-state index in [-0.39, 0.29) is 5.92 Å². The molecule has 0 radical (unpaired) electrons. The van der Waals surface area contributed by atoms with E-state index >= 15 is 0 Å². The zero-order valence-electron chi connectivity index (χ0n) is 5.51. The highest BCUT2D eigenvalue weighted by Crippen LogP contribution is 2.15. The molecule has 1 aliphatic heterocycles. The van der Waals surface area contributed by atoms with Crippen LogP contribution in [-0.4, -0.2) is 30.3 Å². The Labute approximate surface area is 58.2 Å². The predicted molar refractivity (Wildman–Crippen MR) is 33.5 cm³/mol. The molecule has 4 heteroatoms. The van der Waals surface area contributed by atoms with Gasteiger partial charge in [0.05, 0.1) is 6.67 Å². The van der Waals surface area contributed by atoms with Gasteiger partial charge in [-0.2, -0.15) is 0 Å². The number of hydrogen-bond acceptors (Lipinski definition) is 2. The smallest absolute Gasteiger partial charge is 0.321 e. The van der Waals surface area contributed by atoms with Gasteiger partial charge in [0.2, 0.25) is 0 Å². The summed E-state index contributed by atoms with van der Waals surface area (Å²) in [5, 5.41) is 11.2. The average molecular weight is 147 g/mol. The van der Waals surface area contributed by atoms with Crippen LogP contribution >= 0.6 is 0 Å². The van der Waals surface area contributed by atoms with Crippen molar-refractivity contribution in [3.05, 3.63) is 0 Å². The second kappa shape index (κ2) is 2.96. The van der Waals surface area contributed by atoms with Crippen LogP contribution in [0.3, 0.4) is 0 Å². The van der Waals surface area contributed by atoms with E-state index in [1.807, 2.05) is 0 Å². The van der Waals surface area contributed by atoms with Crippen molar-refractivity contribution in [2.45, 2.75) is 12.5 Å². The van der Waals surface area contributed by atoms with Crippen molar-refractivity contribution in [1.29, 1.82) is 0 Å². The number of carbonyl (C=O) groups is 1. The normalized spacial score (nSPS) is 32.5. The van der Waals surface area contributed by atoms with Crippen molar-refractivity contribution in [2.24, 2.45) is 5.92 Å². The third-order valence-corrected chi connectivity index (χ3v) is 1.82. The number of nitrogens with one attached hydrogen (secondary N) is 1. The minimum atomic E-state index is -0.944. The van der Waals surface area contributed by atoms with Crippen molar-refractivity contribution < 1.29 is 14.3 Å². The second-order valence-corrected chi connectivity index (χ2v) is 2.47. The van der Waals surface area contributed by atoms with E-state index in [2.05, 4.69) is 5.32 Å². The number of aliphatic carboxylic acids is 1. The van der Waals surface area contributed by atoms with Crippen molar-refractivity contribution in [2.75, 3.05) is 13.2 Å². The molecule has 0 aromatic carbocycles. The topological polar surface area (TPSA) is 49.3 Å². The van der Waals surface area contributed by atoms with E-state index in [1.54, 1.807) is 0 Å². The monoisotopic (exact) mass is 147 g/mol. The fourth-order valence-corrected chi connectivity index (χ4v) is 1.21. The molecule has 0 amide bonds. The highest BCUT2D eigenvalue weighted by Gasteiger charge is 2.32. The van der Waals surface area contributed by atoms with Crippen molar-refractivity contribution in [3.8, 4) is 0 Å². The van der Waals surface area contributed by atoms with Gasteiger partial charge in [-0.15, -0.1) is 0 Å². The van der Waals surface area contributed by atoms with Crippen molar-refractivity contribution in [1.82, 2.24) is 5.32 Å². The lowest BCUT2D eigenvalue weighted by molar-refractivity contribution is -0.140. The number of rotatable bonds is 2.